The zero-order valence-corrected chi connectivity index (χ0v) is 14.8. The predicted octanol–water partition coefficient (Wildman–Crippen LogP) is 3.91. The Kier molecular flexibility index (Phi) is 5.43. The van der Waals surface area contributed by atoms with Gasteiger partial charge in [-0.25, -0.2) is 13.1 Å². The highest BCUT2D eigenvalue weighted by Crippen LogP contribution is 2.27. The molecule has 0 saturated carbocycles. The maximum Gasteiger partial charge on any atom is 0.241 e. The minimum absolute atomic E-state index is 0.198. The Morgan fingerprint density at radius 2 is 2.14 bits per heavy atom. The van der Waals surface area contributed by atoms with Crippen LogP contribution >= 0.6 is 27.3 Å². The Morgan fingerprint density at radius 3 is 2.71 bits per heavy atom. The van der Waals surface area contributed by atoms with Gasteiger partial charge in [-0.3, -0.25) is 0 Å². The smallest absolute Gasteiger partial charge is 0.241 e. The van der Waals surface area contributed by atoms with Crippen molar-refractivity contribution in [3.8, 4) is 0 Å². The molecule has 3 N–H and O–H groups in total. The van der Waals surface area contributed by atoms with E-state index in [-0.39, 0.29) is 10.9 Å². The summed E-state index contributed by atoms with van der Waals surface area (Å²) in [6, 6.07) is 8.30. The van der Waals surface area contributed by atoms with Crippen LogP contribution in [0.5, 0.6) is 0 Å². The minimum atomic E-state index is -3.58. The van der Waals surface area contributed by atoms with Gasteiger partial charge >= 0.3 is 0 Å². The molecular formula is C14H17BrN2O2S2. The molecule has 0 radical (unpaired) electrons. The van der Waals surface area contributed by atoms with Gasteiger partial charge in [0, 0.05) is 15.0 Å². The van der Waals surface area contributed by atoms with Crippen molar-refractivity contribution in [2.75, 3.05) is 5.73 Å². The average Bonchev–Trinajstić information content (AvgIpc) is 2.95. The molecule has 2 aromatic rings. The van der Waals surface area contributed by atoms with Gasteiger partial charge < -0.3 is 5.73 Å². The van der Waals surface area contributed by atoms with E-state index >= 15 is 0 Å². The van der Waals surface area contributed by atoms with E-state index < -0.39 is 10.0 Å². The number of nitrogens with two attached hydrogens (primary N) is 1. The zero-order chi connectivity index (χ0) is 15.5. The molecule has 4 nitrogen and oxygen atoms in total. The lowest BCUT2D eigenvalue weighted by atomic mass is 10.1. The molecule has 1 heterocycles. The minimum Gasteiger partial charge on any atom is -0.398 e. The van der Waals surface area contributed by atoms with Crippen molar-refractivity contribution in [1.82, 2.24) is 4.72 Å². The molecule has 1 atom stereocenters. The molecule has 114 valence electrons. The molecule has 1 aromatic heterocycles. The third-order valence-corrected chi connectivity index (χ3v) is 6.19. The van der Waals surface area contributed by atoms with E-state index in [2.05, 4.69) is 20.7 Å². The van der Waals surface area contributed by atoms with Crippen LogP contribution in [0.25, 0.3) is 0 Å². The molecule has 1 unspecified atom stereocenters. The number of sulfonamides is 1. The van der Waals surface area contributed by atoms with Crippen molar-refractivity contribution in [2.45, 2.75) is 30.7 Å². The Balaban J connectivity index is 2.28. The SMILES string of the molecule is CCCC(NS(=O)(=O)c1ccc(N)c(Br)c1)c1cccs1. The fraction of sp³-hybridized carbons (Fsp3) is 0.286. The summed E-state index contributed by atoms with van der Waals surface area (Å²) in [5.41, 5.74) is 6.21. The zero-order valence-electron chi connectivity index (χ0n) is 11.5. The van der Waals surface area contributed by atoms with Gasteiger partial charge in [0.25, 0.3) is 0 Å². The van der Waals surface area contributed by atoms with Crippen molar-refractivity contribution in [2.24, 2.45) is 0 Å². The van der Waals surface area contributed by atoms with Gasteiger partial charge in [0.2, 0.25) is 10.0 Å². The highest BCUT2D eigenvalue weighted by molar-refractivity contribution is 9.10. The summed E-state index contributed by atoms with van der Waals surface area (Å²) in [5.74, 6) is 0. The van der Waals surface area contributed by atoms with Crippen LogP contribution in [0.3, 0.4) is 0 Å². The molecule has 21 heavy (non-hydrogen) atoms. The van der Waals surface area contributed by atoms with Crippen LogP contribution < -0.4 is 10.5 Å². The summed E-state index contributed by atoms with van der Waals surface area (Å²) >= 11 is 4.82. The second-order valence-electron chi connectivity index (χ2n) is 4.66. The highest BCUT2D eigenvalue weighted by Gasteiger charge is 2.22. The molecule has 0 aliphatic carbocycles. The number of anilines is 1. The molecule has 2 rings (SSSR count). The Hall–Kier alpha value is -0.890. The summed E-state index contributed by atoms with van der Waals surface area (Å²) in [4.78, 5) is 1.23. The summed E-state index contributed by atoms with van der Waals surface area (Å²) in [7, 11) is -3.58. The van der Waals surface area contributed by atoms with E-state index in [4.69, 9.17) is 5.73 Å². The van der Waals surface area contributed by atoms with E-state index in [1.165, 1.54) is 12.1 Å². The van der Waals surface area contributed by atoms with Crippen LogP contribution in [0.1, 0.15) is 30.7 Å². The van der Waals surface area contributed by atoms with E-state index in [0.717, 1.165) is 17.7 Å². The molecule has 1 aromatic carbocycles. The van der Waals surface area contributed by atoms with Crippen LogP contribution in [0.15, 0.2) is 45.1 Å². The normalized spacial score (nSPS) is 13.2. The van der Waals surface area contributed by atoms with Crippen LogP contribution in [0.2, 0.25) is 0 Å². The number of thiophene rings is 1. The van der Waals surface area contributed by atoms with Crippen molar-refractivity contribution in [3.05, 3.63) is 45.1 Å². The van der Waals surface area contributed by atoms with Crippen molar-refractivity contribution < 1.29 is 8.42 Å². The number of benzene rings is 1. The average molecular weight is 389 g/mol. The third-order valence-electron chi connectivity index (χ3n) is 3.04. The third kappa shape index (κ3) is 4.06. The van der Waals surface area contributed by atoms with E-state index in [1.807, 2.05) is 24.4 Å². The predicted molar refractivity (Wildman–Crippen MR) is 90.8 cm³/mol. The number of rotatable bonds is 6. The summed E-state index contributed by atoms with van der Waals surface area (Å²) in [6.45, 7) is 2.04. The molecule has 0 bridgehead atoms. The van der Waals surface area contributed by atoms with Crippen molar-refractivity contribution >= 4 is 43.0 Å². The first-order chi connectivity index (χ1) is 9.94. The molecule has 0 fully saturated rings. The molecular weight excluding hydrogens is 372 g/mol. The first-order valence-electron chi connectivity index (χ1n) is 6.55. The molecule has 0 amide bonds. The van der Waals surface area contributed by atoms with Crippen LogP contribution in [-0.4, -0.2) is 8.42 Å². The molecule has 0 spiro atoms. The van der Waals surface area contributed by atoms with E-state index in [0.29, 0.717) is 10.2 Å². The number of halogens is 1. The van der Waals surface area contributed by atoms with Gasteiger partial charge in [-0.1, -0.05) is 19.4 Å². The van der Waals surface area contributed by atoms with Crippen molar-refractivity contribution in [3.63, 3.8) is 0 Å². The van der Waals surface area contributed by atoms with Gasteiger partial charge in [0.15, 0.2) is 0 Å². The van der Waals surface area contributed by atoms with Crippen LogP contribution in [0, 0.1) is 0 Å². The monoisotopic (exact) mass is 388 g/mol. The standard InChI is InChI=1S/C14H17BrN2O2S2/c1-2-4-13(14-5-3-8-20-14)17-21(18,19)10-6-7-12(16)11(15)9-10/h3,5-9,13,17H,2,4,16H2,1H3. The molecule has 0 aliphatic heterocycles. The van der Waals surface area contributed by atoms with E-state index in [1.54, 1.807) is 17.4 Å². The molecule has 7 heteroatoms. The van der Waals surface area contributed by atoms with Crippen LogP contribution in [0.4, 0.5) is 5.69 Å². The number of nitrogens with one attached hydrogen (secondary N) is 1. The van der Waals surface area contributed by atoms with Gasteiger partial charge in [-0.15, -0.1) is 11.3 Å². The lowest BCUT2D eigenvalue weighted by Gasteiger charge is -2.17. The van der Waals surface area contributed by atoms with E-state index in [9.17, 15) is 8.42 Å². The molecule has 0 aliphatic rings. The van der Waals surface area contributed by atoms with Gasteiger partial charge in [0.1, 0.15) is 0 Å². The van der Waals surface area contributed by atoms with Crippen molar-refractivity contribution in [1.29, 1.82) is 0 Å². The first-order valence-corrected chi connectivity index (χ1v) is 9.70. The number of hydrogen-bond acceptors (Lipinski definition) is 4. The number of nitrogen functional groups attached to an aromatic ring is 1. The summed E-state index contributed by atoms with van der Waals surface area (Å²) < 4.78 is 28.4. The lowest BCUT2D eigenvalue weighted by molar-refractivity contribution is 0.540. The second-order valence-corrected chi connectivity index (χ2v) is 8.21. The first kappa shape index (κ1) is 16.5. The topological polar surface area (TPSA) is 72.2 Å². The Morgan fingerprint density at radius 1 is 1.38 bits per heavy atom. The Bertz CT molecular complexity index is 700. The summed E-state index contributed by atoms with van der Waals surface area (Å²) in [6.07, 6.45) is 1.66. The summed E-state index contributed by atoms with van der Waals surface area (Å²) in [5, 5.41) is 1.95. The largest absolute Gasteiger partial charge is 0.398 e. The van der Waals surface area contributed by atoms with Gasteiger partial charge in [0.05, 0.1) is 10.9 Å². The maximum absolute atomic E-state index is 12.5. The van der Waals surface area contributed by atoms with Gasteiger partial charge in [-0.2, -0.15) is 0 Å². The lowest BCUT2D eigenvalue weighted by Crippen LogP contribution is -2.28. The quantitative estimate of drug-likeness (QED) is 0.736. The van der Waals surface area contributed by atoms with Crippen LogP contribution in [-0.2, 0) is 10.0 Å². The van der Waals surface area contributed by atoms with Gasteiger partial charge in [-0.05, 0) is 52.0 Å². The highest BCUT2D eigenvalue weighted by atomic mass is 79.9. The molecule has 0 saturated heterocycles. The maximum atomic E-state index is 12.5. The fourth-order valence-electron chi connectivity index (χ4n) is 1.97. The number of hydrogen-bond donors (Lipinski definition) is 2. The second kappa shape index (κ2) is 6.91. The Labute approximate surface area is 137 Å². The fourth-order valence-corrected chi connectivity index (χ4v) is 4.66.